The van der Waals surface area contributed by atoms with E-state index in [-0.39, 0.29) is 5.91 Å². The molecule has 1 aliphatic heterocycles. The first-order valence-electron chi connectivity index (χ1n) is 11.3. The summed E-state index contributed by atoms with van der Waals surface area (Å²) in [4.78, 5) is 19.5. The number of aryl methyl sites for hydroxylation is 3. The quantitative estimate of drug-likeness (QED) is 0.406. The molecular weight excluding hydrogens is 454 g/mol. The van der Waals surface area contributed by atoms with Crippen LogP contribution in [0.4, 0.5) is 0 Å². The van der Waals surface area contributed by atoms with E-state index < -0.39 is 0 Å². The molecule has 0 saturated carbocycles. The first-order valence-corrected chi connectivity index (χ1v) is 12.5. The number of carbonyl (C=O) groups is 1. The predicted octanol–water partition coefficient (Wildman–Crippen LogP) is 4.93. The number of hydrogen-bond acceptors (Lipinski definition) is 4. The first-order chi connectivity index (χ1) is 15.9. The Kier molecular flexibility index (Phi) is 6.03. The zero-order valence-electron chi connectivity index (χ0n) is 19.2. The van der Waals surface area contributed by atoms with Gasteiger partial charge in [-0.2, -0.15) is 5.10 Å². The van der Waals surface area contributed by atoms with Gasteiger partial charge in [-0.15, -0.1) is 11.3 Å². The topological polar surface area (TPSA) is 46.3 Å². The Hall–Kier alpha value is -2.61. The number of nitrogens with zero attached hydrogens (tertiary/aromatic N) is 5. The van der Waals surface area contributed by atoms with E-state index in [4.69, 9.17) is 11.6 Å². The van der Waals surface area contributed by atoms with Crippen LogP contribution in [0.5, 0.6) is 0 Å². The van der Waals surface area contributed by atoms with Crippen molar-refractivity contribution in [1.29, 1.82) is 0 Å². The van der Waals surface area contributed by atoms with Crippen LogP contribution in [0.15, 0.2) is 42.5 Å². The van der Waals surface area contributed by atoms with E-state index in [1.165, 1.54) is 22.7 Å². The van der Waals surface area contributed by atoms with Crippen LogP contribution >= 0.6 is 22.9 Å². The lowest BCUT2D eigenvalue weighted by Gasteiger charge is -2.34. The van der Waals surface area contributed by atoms with E-state index in [0.29, 0.717) is 5.02 Å². The van der Waals surface area contributed by atoms with Gasteiger partial charge in [0, 0.05) is 61.1 Å². The third kappa shape index (κ3) is 4.33. The van der Waals surface area contributed by atoms with Crippen molar-refractivity contribution in [3.63, 3.8) is 0 Å². The first kappa shape index (κ1) is 22.2. The number of fused-ring (bicyclic) bond motifs is 1. The molecule has 0 N–H and O–H groups in total. The minimum absolute atomic E-state index is 0.120. The Morgan fingerprint density at radius 3 is 2.30 bits per heavy atom. The smallest absolute Gasteiger partial charge is 0.264 e. The highest BCUT2D eigenvalue weighted by molar-refractivity contribution is 7.20. The van der Waals surface area contributed by atoms with Gasteiger partial charge < -0.3 is 9.47 Å². The van der Waals surface area contributed by atoms with E-state index in [0.717, 1.165) is 65.7 Å². The van der Waals surface area contributed by atoms with Crippen LogP contribution in [0.25, 0.3) is 15.9 Å². The lowest BCUT2D eigenvalue weighted by atomic mass is 10.2. The highest BCUT2D eigenvalue weighted by Gasteiger charge is 2.25. The maximum atomic E-state index is 13.3. The van der Waals surface area contributed by atoms with Crippen LogP contribution in [-0.2, 0) is 6.54 Å². The summed E-state index contributed by atoms with van der Waals surface area (Å²) in [6.45, 7) is 11.7. The van der Waals surface area contributed by atoms with Crippen molar-refractivity contribution >= 4 is 39.1 Å². The summed E-state index contributed by atoms with van der Waals surface area (Å²) in [5.74, 6) is 0.120. The van der Waals surface area contributed by atoms with Gasteiger partial charge in [-0.3, -0.25) is 9.69 Å². The van der Waals surface area contributed by atoms with Crippen LogP contribution in [0, 0.1) is 20.8 Å². The molecule has 4 aromatic rings. The van der Waals surface area contributed by atoms with Crippen molar-refractivity contribution in [2.45, 2.75) is 27.3 Å². The van der Waals surface area contributed by atoms with E-state index >= 15 is 0 Å². The minimum Gasteiger partial charge on any atom is -0.348 e. The van der Waals surface area contributed by atoms with Crippen molar-refractivity contribution in [2.24, 2.45) is 0 Å². The Balaban J connectivity index is 1.26. The highest BCUT2D eigenvalue weighted by atomic mass is 35.5. The summed E-state index contributed by atoms with van der Waals surface area (Å²) in [6.07, 6.45) is 0. The van der Waals surface area contributed by atoms with Gasteiger partial charge in [0.25, 0.3) is 5.91 Å². The molecule has 5 rings (SSSR count). The van der Waals surface area contributed by atoms with Gasteiger partial charge in [-0.1, -0.05) is 11.6 Å². The molecule has 6 nitrogen and oxygen atoms in total. The monoisotopic (exact) mass is 481 g/mol. The van der Waals surface area contributed by atoms with E-state index in [2.05, 4.69) is 40.5 Å². The number of amides is 1. The predicted molar refractivity (Wildman–Crippen MR) is 135 cm³/mol. The average Bonchev–Trinajstić information content (AvgIpc) is 3.48. The second kappa shape index (κ2) is 8.97. The maximum absolute atomic E-state index is 13.3. The number of rotatable bonds is 5. The van der Waals surface area contributed by atoms with Gasteiger partial charge in [-0.25, -0.2) is 4.68 Å². The molecule has 0 atom stereocenters. The summed E-state index contributed by atoms with van der Waals surface area (Å²) in [7, 11) is 0. The molecule has 33 heavy (non-hydrogen) atoms. The van der Waals surface area contributed by atoms with E-state index in [1.807, 2.05) is 46.8 Å². The fourth-order valence-corrected chi connectivity index (χ4v) is 5.81. The molecule has 0 aliphatic carbocycles. The van der Waals surface area contributed by atoms with Gasteiger partial charge >= 0.3 is 0 Å². The second-order valence-electron chi connectivity index (χ2n) is 8.70. The molecule has 0 spiro atoms. The van der Waals surface area contributed by atoms with Crippen molar-refractivity contribution in [2.75, 3.05) is 32.7 Å². The molecule has 0 bridgehead atoms. The Morgan fingerprint density at radius 1 is 0.970 bits per heavy atom. The maximum Gasteiger partial charge on any atom is 0.264 e. The summed E-state index contributed by atoms with van der Waals surface area (Å²) < 4.78 is 4.27. The number of hydrogen-bond donors (Lipinski definition) is 0. The summed E-state index contributed by atoms with van der Waals surface area (Å²) >= 11 is 7.56. The van der Waals surface area contributed by atoms with Crippen molar-refractivity contribution in [3.8, 4) is 5.69 Å². The summed E-state index contributed by atoms with van der Waals surface area (Å²) in [6, 6.07) is 14.0. The third-order valence-corrected chi connectivity index (χ3v) is 7.89. The minimum atomic E-state index is 0.120. The normalized spacial score (nSPS) is 15.0. The molecule has 1 amide bonds. The Morgan fingerprint density at radius 2 is 1.64 bits per heavy atom. The lowest BCUT2D eigenvalue weighted by molar-refractivity contribution is 0.0638. The molecule has 1 aliphatic rings. The van der Waals surface area contributed by atoms with Crippen molar-refractivity contribution < 1.29 is 4.79 Å². The number of benzene rings is 1. The molecule has 4 heterocycles. The Bertz CT molecular complexity index is 1280. The fourth-order valence-electron chi connectivity index (χ4n) is 4.53. The van der Waals surface area contributed by atoms with Gasteiger partial charge in [0.15, 0.2) is 0 Å². The number of piperazine rings is 1. The molecule has 0 radical (unpaired) electrons. The summed E-state index contributed by atoms with van der Waals surface area (Å²) in [5, 5.41) is 6.41. The SMILES string of the molecule is Cc1nn(-c2ccc(Cl)cc2)c2sc(C(=O)N3CCN(CCn4c(C)ccc4C)CC3)cc12. The van der Waals surface area contributed by atoms with Gasteiger partial charge in [0.2, 0.25) is 0 Å². The van der Waals surface area contributed by atoms with Crippen LogP contribution in [-0.4, -0.2) is 62.8 Å². The van der Waals surface area contributed by atoms with Gasteiger partial charge in [0.05, 0.1) is 16.3 Å². The molecule has 3 aromatic heterocycles. The zero-order valence-corrected chi connectivity index (χ0v) is 20.8. The standard InChI is InChI=1S/C25H28ClN5OS/c1-17-4-5-18(2)30(17)15-12-28-10-13-29(14-11-28)24(32)23-16-22-19(3)27-31(25(22)33-23)21-8-6-20(26)7-9-21/h4-9,16H,10-15H2,1-3H3. The number of aromatic nitrogens is 3. The molecular formula is C25H28ClN5OS. The average molecular weight is 482 g/mol. The van der Waals surface area contributed by atoms with Crippen LogP contribution in [0.1, 0.15) is 26.8 Å². The Labute approximate surface area is 203 Å². The molecule has 0 unspecified atom stereocenters. The van der Waals surface area contributed by atoms with Crippen molar-refractivity contribution in [1.82, 2.24) is 24.1 Å². The molecule has 1 saturated heterocycles. The lowest BCUT2D eigenvalue weighted by Crippen LogP contribution is -2.49. The van der Waals surface area contributed by atoms with E-state index in [9.17, 15) is 4.79 Å². The molecule has 1 fully saturated rings. The van der Waals surface area contributed by atoms with Crippen LogP contribution in [0.2, 0.25) is 5.02 Å². The third-order valence-electron chi connectivity index (χ3n) is 6.54. The van der Waals surface area contributed by atoms with Gasteiger partial charge in [0.1, 0.15) is 4.83 Å². The van der Waals surface area contributed by atoms with E-state index in [1.54, 1.807) is 0 Å². The molecule has 172 valence electrons. The number of thiophene rings is 1. The largest absolute Gasteiger partial charge is 0.348 e. The van der Waals surface area contributed by atoms with Crippen molar-refractivity contribution in [3.05, 3.63) is 69.4 Å². The fraction of sp³-hybridized carbons (Fsp3) is 0.360. The van der Waals surface area contributed by atoms with Crippen LogP contribution in [0.3, 0.4) is 0 Å². The van der Waals surface area contributed by atoms with Crippen LogP contribution < -0.4 is 0 Å². The molecule has 1 aromatic carbocycles. The summed E-state index contributed by atoms with van der Waals surface area (Å²) in [5.41, 5.74) is 4.48. The number of halogens is 1. The highest BCUT2D eigenvalue weighted by Crippen LogP contribution is 2.31. The zero-order chi connectivity index (χ0) is 23.1. The second-order valence-corrected chi connectivity index (χ2v) is 10.2. The number of carbonyl (C=O) groups excluding carboxylic acids is 1. The molecule has 8 heteroatoms. The van der Waals surface area contributed by atoms with Gasteiger partial charge in [-0.05, 0) is 63.2 Å².